The van der Waals surface area contributed by atoms with Crippen molar-refractivity contribution in [1.82, 2.24) is 29.4 Å². The van der Waals surface area contributed by atoms with Crippen LogP contribution in [-0.2, 0) is 0 Å². The van der Waals surface area contributed by atoms with Crippen molar-refractivity contribution in [2.75, 3.05) is 30.8 Å². The molecule has 11 heteroatoms. The first-order valence-corrected chi connectivity index (χ1v) is 11.5. The van der Waals surface area contributed by atoms with Crippen molar-refractivity contribution >= 4 is 28.2 Å². The predicted octanol–water partition coefficient (Wildman–Crippen LogP) is 2.67. The number of halogens is 1. The number of fused-ring (bicyclic) bond motifs is 3. The number of methoxy groups -OCH3 is 1. The minimum atomic E-state index is -0.587. The second-order valence-corrected chi connectivity index (χ2v) is 9.70. The Morgan fingerprint density at radius 2 is 2.09 bits per heavy atom. The molecule has 10 nitrogen and oxygen atoms in total. The van der Waals surface area contributed by atoms with Gasteiger partial charge in [-0.05, 0) is 38.7 Å². The number of hydrogen-bond acceptors (Lipinski definition) is 8. The van der Waals surface area contributed by atoms with Gasteiger partial charge in [0.15, 0.2) is 23.0 Å². The Hall–Kier alpha value is -3.47. The molecule has 6 rings (SSSR count). The average molecular weight is 467 g/mol. The lowest BCUT2D eigenvalue weighted by molar-refractivity contribution is -0.0543. The zero-order valence-corrected chi connectivity index (χ0v) is 19.1. The number of aliphatic hydroxyl groups is 1. The number of nitrogen functional groups attached to an aromatic ring is 1. The molecule has 1 aliphatic heterocycles. The minimum absolute atomic E-state index is 0.0963. The number of aromatic nitrogens is 6. The van der Waals surface area contributed by atoms with Crippen molar-refractivity contribution in [1.29, 1.82) is 0 Å². The van der Waals surface area contributed by atoms with Gasteiger partial charge in [0.2, 0.25) is 5.95 Å². The summed E-state index contributed by atoms with van der Waals surface area (Å²) in [5.41, 5.74) is 7.62. The maximum atomic E-state index is 14.4. The second-order valence-electron chi connectivity index (χ2n) is 9.70. The summed E-state index contributed by atoms with van der Waals surface area (Å²) in [4.78, 5) is 11.4. The van der Waals surface area contributed by atoms with Crippen LogP contribution in [0.4, 0.5) is 16.0 Å². The van der Waals surface area contributed by atoms with Crippen LogP contribution in [0.15, 0.2) is 24.5 Å². The van der Waals surface area contributed by atoms with E-state index in [2.05, 4.69) is 26.3 Å². The fraction of sp³-hybridized carbons (Fsp3) is 0.478. The third kappa shape index (κ3) is 3.42. The van der Waals surface area contributed by atoms with E-state index in [0.717, 1.165) is 44.5 Å². The highest BCUT2D eigenvalue weighted by Gasteiger charge is 2.40. The number of nitrogens with zero attached hydrogens (tertiary/aromatic N) is 7. The Morgan fingerprint density at radius 1 is 1.26 bits per heavy atom. The van der Waals surface area contributed by atoms with Gasteiger partial charge in [0, 0.05) is 36.7 Å². The van der Waals surface area contributed by atoms with Gasteiger partial charge in [-0.1, -0.05) is 0 Å². The Balaban J connectivity index is 1.29. The number of benzene rings is 1. The molecular formula is C23H27FN8O2. The van der Waals surface area contributed by atoms with E-state index >= 15 is 0 Å². The summed E-state index contributed by atoms with van der Waals surface area (Å²) in [5.74, 6) is 0.586. The molecule has 3 aromatic heterocycles. The first-order valence-electron chi connectivity index (χ1n) is 11.5. The molecule has 2 aliphatic rings. The van der Waals surface area contributed by atoms with E-state index in [9.17, 15) is 9.50 Å². The number of nitrogens with two attached hydrogens (primary N) is 1. The zero-order valence-electron chi connectivity index (χ0n) is 19.1. The summed E-state index contributed by atoms with van der Waals surface area (Å²) in [6.45, 7) is 3.54. The van der Waals surface area contributed by atoms with Crippen molar-refractivity contribution in [3.05, 3.63) is 36.2 Å². The summed E-state index contributed by atoms with van der Waals surface area (Å²) >= 11 is 0. The first kappa shape index (κ1) is 21.1. The standard InChI is InChI=1S/C23H27FN8O2/c1-23(33)8-14(9-23)31-12-15(10-26-31)30-5-3-4-13(11-30)20-28-21-16-6-17(24)19(34-2)7-18(16)27-22(25)32(21)29-20/h6-7,10,12-14,33H,3-5,8-9,11H2,1-2H3,(H2,25,27)/t13-,14?,23?/m1/s1. The van der Waals surface area contributed by atoms with Gasteiger partial charge in [0.05, 0.1) is 36.2 Å². The van der Waals surface area contributed by atoms with E-state index in [4.69, 9.17) is 15.5 Å². The van der Waals surface area contributed by atoms with Gasteiger partial charge in [0.1, 0.15) is 0 Å². The maximum absolute atomic E-state index is 14.4. The Kier molecular flexibility index (Phi) is 4.67. The minimum Gasteiger partial charge on any atom is -0.494 e. The quantitative estimate of drug-likeness (QED) is 0.471. The van der Waals surface area contributed by atoms with E-state index in [-0.39, 0.29) is 23.7 Å². The summed E-state index contributed by atoms with van der Waals surface area (Å²) in [5, 5.41) is 19.8. The molecule has 1 saturated carbocycles. The molecule has 178 valence electrons. The molecule has 0 radical (unpaired) electrons. The summed E-state index contributed by atoms with van der Waals surface area (Å²) < 4.78 is 22.9. The van der Waals surface area contributed by atoms with E-state index in [1.807, 2.05) is 17.8 Å². The Morgan fingerprint density at radius 3 is 2.85 bits per heavy atom. The van der Waals surface area contributed by atoms with Crippen molar-refractivity contribution in [2.45, 2.75) is 50.2 Å². The average Bonchev–Trinajstić information content (AvgIpc) is 3.46. The van der Waals surface area contributed by atoms with Crippen molar-refractivity contribution in [2.24, 2.45) is 0 Å². The second kappa shape index (κ2) is 7.52. The predicted molar refractivity (Wildman–Crippen MR) is 125 cm³/mol. The van der Waals surface area contributed by atoms with E-state index in [1.165, 1.54) is 23.8 Å². The molecule has 2 fully saturated rings. The van der Waals surface area contributed by atoms with Crippen molar-refractivity contribution < 1.29 is 14.2 Å². The number of rotatable bonds is 4. The summed E-state index contributed by atoms with van der Waals surface area (Å²) in [7, 11) is 1.41. The highest BCUT2D eigenvalue weighted by Crippen LogP contribution is 2.41. The van der Waals surface area contributed by atoms with Crippen LogP contribution < -0.4 is 15.4 Å². The van der Waals surface area contributed by atoms with Gasteiger partial charge in [-0.3, -0.25) is 4.68 Å². The highest BCUT2D eigenvalue weighted by atomic mass is 19.1. The molecule has 34 heavy (non-hydrogen) atoms. The van der Waals surface area contributed by atoms with Gasteiger partial charge in [-0.2, -0.15) is 9.61 Å². The topological polar surface area (TPSA) is 120 Å². The smallest absolute Gasteiger partial charge is 0.223 e. The molecule has 4 heterocycles. The fourth-order valence-corrected chi connectivity index (χ4v) is 5.23. The van der Waals surface area contributed by atoms with Crippen molar-refractivity contribution in [3.8, 4) is 5.75 Å². The van der Waals surface area contributed by atoms with E-state index in [0.29, 0.717) is 22.4 Å². The highest BCUT2D eigenvalue weighted by molar-refractivity contribution is 5.93. The zero-order chi connectivity index (χ0) is 23.6. The number of anilines is 2. The lowest BCUT2D eigenvalue weighted by Crippen LogP contribution is -2.42. The number of hydrogen-bond donors (Lipinski definition) is 2. The molecule has 4 aromatic rings. The fourth-order valence-electron chi connectivity index (χ4n) is 5.23. The summed E-state index contributed by atoms with van der Waals surface area (Å²) in [6, 6.07) is 3.14. The molecular weight excluding hydrogens is 439 g/mol. The lowest BCUT2D eigenvalue weighted by Gasteiger charge is -2.40. The normalized spacial score (nSPS) is 25.1. The van der Waals surface area contributed by atoms with Crippen molar-refractivity contribution in [3.63, 3.8) is 0 Å². The van der Waals surface area contributed by atoms with E-state index in [1.54, 1.807) is 0 Å². The van der Waals surface area contributed by atoms with Crippen LogP contribution in [0.2, 0.25) is 0 Å². The van der Waals surface area contributed by atoms with E-state index < -0.39 is 11.4 Å². The summed E-state index contributed by atoms with van der Waals surface area (Å²) in [6.07, 6.45) is 7.32. The Bertz CT molecular complexity index is 1390. The van der Waals surface area contributed by atoms with Crippen LogP contribution in [0.25, 0.3) is 16.6 Å². The van der Waals surface area contributed by atoms with Gasteiger partial charge >= 0.3 is 0 Å². The molecule has 0 bridgehead atoms. The molecule has 0 spiro atoms. The molecule has 1 aliphatic carbocycles. The number of piperidine rings is 1. The van der Waals surface area contributed by atoms with Crippen LogP contribution >= 0.6 is 0 Å². The van der Waals surface area contributed by atoms with Gasteiger partial charge in [0.25, 0.3) is 0 Å². The first-order chi connectivity index (χ1) is 16.3. The third-order valence-corrected chi connectivity index (χ3v) is 7.05. The Labute approximate surface area is 195 Å². The van der Waals surface area contributed by atoms with Crippen LogP contribution in [0.1, 0.15) is 50.4 Å². The lowest BCUT2D eigenvalue weighted by atomic mass is 9.77. The number of ether oxygens (including phenoxy) is 1. The van der Waals surface area contributed by atoms with Gasteiger partial charge in [-0.25, -0.2) is 14.4 Å². The molecule has 0 amide bonds. The largest absolute Gasteiger partial charge is 0.494 e. The van der Waals surface area contributed by atoms with Gasteiger partial charge in [-0.15, -0.1) is 5.10 Å². The molecule has 1 saturated heterocycles. The van der Waals surface area contributed by atoms with Crippen LogP contribution in [-0.4, -0.2) is 60.3 Å². The van der Waals surface area contributed by atoms with Gasteiger partial charge < -0.3 is 20.5 Å². The molecule has 3 N–H and O–H groups in total. The monoisotopic (exact) mass is 466 g/mol. The van der Waals surface area contributed by atoms with Crippen LogP contribution in [0.3, 0.4) is 0 Å². The molecule has 1 atom stereocenters. The molecule has 1 aromatic carbocycles. The maximum Gasteiger partial charge on any atom is 0.223 e. The molecule has 0 unspecified atom stereocenters. The van der Waals surface area contributed by atoms with Crippen LogP contribution in [0, 0.1) is 5.82 Å². The third-order valence-electron chi connectivity index (χ3n) is 7.05. The SMILES string of the molecule is COc1cc2nc(N)n3nc([C@@H]4CCCN(c5cnn(C6CC(C)(O)C6)c5)C4)nc3c2cc1F. The van der Waals surface area contributed by atoms with Crippen LogP contribution in [0.5, 0.6) is 5.75 Å².